The lowest BCUT2D eigenvalue weighted by Crippen LogP contribution is -2.39. The van der Waals surface area contributed by atoms with Gasteiger partial charge in [0.15, 0.2) is 0 Å². The topological polar surface area (TPSA) is 128 Å². The van der Waals surface area contributed by atoms with E-state index in [4.69, 9.17) is 4.74 Å². The van der Waals surface area contributed by atoms with Gasteiger partial charge in [0.05, 0.1) is 9.40 Å². The van der Waals surface area contributed by atoms with Crippen molar-refractivity contribution in [1.82, 2.24) is 10.0 Å². The smallest absolute Gasteiger partial charge is 0.328 e. The highest BCUT2D eigenvalue weighted by Gasteiger charge is 2.26. The number of non-ortho nitro benzene ring substituents is 1. The predicted octanol–water partition coefficient (Wildman–Crippen LogP) is 4.64. The van der Waals surface area contributed by atoms with Gasteiger partial charge in [-0.3, -0.25) is 10.1 Å². The maximum atomic E-state index is 12.8. The molecule has 0 atom stereocenters. The molecule has 162 valence electrons. The Morgan fingerprint density at radius 3 is 2.50 bits per heavy atom. The van der Waals surface area contributed by atoms with Gasteiger partial charge in [-0.1, -0.05) is 25.8 Å². The quantitative estimate of drug-likeness (QED) is 0.294. The minimum absolute atomic E-state index is 0.156. The molecule has 2 amide bonds. The Labute approximate surface area is 183 Å². The van der Waals surface area contributed by atoms with Gasteiger partial charge in [0.2, 0.25) is 0 Å². The maximum absolute atomic E-state index is 12.8. The molecule has 0 spiro atoms. The number of unbranched alkanes of at least 4 members (excludes halogenated alkanes) is 2. The molecule has 2 aromatic carbocycles. The van der Waals surface area contributed by atoms with Crippen LogP contribution in [-0.2, 0) is 10.0 Å². The molecule has 2 N–H and O–H groups in total. The fourth-order valence-electron chi connectivity index (χ4n) is 2.50. The van der Waals surface area contributed by atoms with Gasteiger partial charge in [-0.25, -0.2) is 17.9 Å². The van der Waals surface area contributed by atoms with Crippen LogP contribution in [-0.4, -0.2) is 25.9 Å². The number of ether oxygens (including phenoxy) is 1. The van der Waals surface area contributed by atoms with E-state index in [9.17, 15) is 23.3 Å². The Morgan fingerprint density at radius 2 is 1.87 bits per heavy atom. The Kier molecular flexibility index (Phi) is 8.18. The summed E-state index contributed by atoms with van der Waals surface area (Å²) in [5.74, 6) is 0.159. The van der Waals surface area contributed by atoms with Gasteiger partial charge in [-0.15, -0.1) is 0 Å². The number of urea groups is 1. The number of sulfonamides is 1. The molecule has 0 radical (unpaired) electrons. The molecule has 0 fully saturated rings. The molecule has 11 heteroatoms. The van der Waals surface area contributed by atoms with Crippen LogP contribution >= 0.6 is 15.9 Å². The van der Waals surface area contributed by atoms with Gasteiger partial charge < -0.3 is 10.1 Å². The van der Waals surface area contributed by atoms with Crippen LogP contribution in [0.3, 0.4) is 0 Å². The lowest BCUT2D eigenvalue weighted by molar-refractivity contribution is -0.385. The van der Waals surface area contributed by atoms with Crippen molar-refractivity contribution >= 4 is 37.7 Å². The first kappa shape index (κ1) is 23.6. The number of carbonyl (C=O) groups is 1. The molecule has 0 aromatic heterocycles. The molecule has 9 nitrogen and oxygen atoms in total. The van der Waals surface area contributed by atoms with Crippen LogP contribution in [0.1, 0.15) is 31.7 Å². The zero-order valence-corrected chi connectivity index (χ0v) is 18.9. The fourth-order valence-corrected chi connectivity index (χ4v) is 4.15. The second kappa shape index (κ2) is 10.4. The highest BCUT2D eigenvalue weighted by Crippen LogP contribution is 2.35. The molecule has 0 unspecified atom stereocenters. The summed E-state index contributed by atoms with van der Waals surface area (Å²) in [6.45, 7) is 4.18. The number of hydrogen-bond acceptors (Lipinski definition) is 6. The number of aryl methyl sites for hydroxylation is 1. The number of nitro benzene ring substituents is 1. The van der Waals surface area contributed by atoms with Crippen LogP contribution < -0.4 is 14.8 Å². The first-order chi connectivity index (χ1) is 14.1. The zero-order chi connectivity index (χ0) is 22.3. The van der Waals surface area contributed by atoms with Crippen molar-refractivity contribution in [3.05, 3.63) is 56.5 Å². The Morgan fingerprint density at radius 1 is 1.17 bits per heavy atom. The summed E-state index contributed by atoms with van der Waals surface area (Å²) >= 11 is 3.34. The Balaban J connectivity index is 2.34. The zero-order valence-electron chi connectivity index (χ0n) is 16.5. The average molecular weight is 500 g/mol. The second-order valence-electron chi connectivity index (χ2n) is 6.49. The third kappa shape index (κ3) is 6.42. The third-order valence-corrected chi connectivity index (χ3v) is 6.00. The highest BCUT2D eigenvalue weighted by molar-refractivity contribution is 9.10. The fraction of sp³-hybridized carbons (Fsp3) is 0.316. The molecule has 0 aliphatic heterocycles. The first-order valence-corrected chi connectivity index (χ1v) is 11.4. The normalized spacial score (nSPS) is 11.0. The summed E-state index contributed by atoms with van der Waals surface area (Å²) in [5.41, 5.74) is 0.501. The van der Waals surface area contributed by atoms with E-state index in [1.807, 2.05) is 18.6 Å². The minimum Gasteiger partial charge on any atom is -0.455 e. The van der Waals surface area contributed by atoms with Crippen LogP contribution in [0, 0.1) is 17.0 Å². The van der Waals surface area contributed by atoms with E-state index >= 15 is 0 Å². The van der Waals surface area contributed by atoms with E-state index in [2.05, 4.69) is 21.2 Å². The molecule has 2 aromatic rings. The lowest BCUT2D eigenvalue weighted by atomic mass is 10.2. The molecule has 2 rings (SSSR count). The summed E-state index contributed by atoms with van der Waals surface area (Å²) in [6.07, 6.45) is 2.54. The number of halogens is 1. The highest BCUT2D eigenvalue weighted by atomic mass is 79.9. The van der Waals surface area contributed by atoms with Gasteiger partial charge >= 0.3 is 6.03 Å². The molecule has 0 aliphatic carbocycles. The van der Waals surface area contributed by atoms with Crippen molar-refractivity contribution in [2.45, 2.75) is 38.0 Å². The first-order valence-electron chi connectivity index (χ1n) is 9.17. The SMILES string of the molecule is CCCCCNC(=O)NS(=O)(=O)c1cc([N+](=O)[O-])ccc1Oc1ccc(C)cc1Br. The van der Waals surface area contributed by atoms with E-state index in [1.54, 1.807) is 18.2 Å². The van der Waals surface area contributed by atoms with E-state index in [0.29, 0.717) is 23.2 Å². The Hall–Kier alpha value is -2.66. The van der Waals surface area contributed by atoms with E-state index in [0.717, 1.165) is 30.5 Å². The van der Waals surface area contributed by atoms with Gasteiger partial charge in [-0.2, -0.15) is 0 Å². The van der Waals surface area contributed by atoms with Crippen LogP contribution in [0.5, 0.6) is 11.5 Å². The largest absolute Gasteiger partial charge is 0.455 e. The van der Waals surface area contributed by atoms with E-state index in [-0.39, 0.29) is 5.75 Å². The number of hydrogen-bond donors (Lipinski definition) is 2. The summed E-state index contributed by atoms with van der Waals surface area (Å²) in [4.78, 5) is 21.9. The molecule has 0 bridgehead atoms. The Bertz CT molecular complexity index is 1040. The molecular weight excluding hydrogens is 478 g/mol. The summed E-state index contributed by atoms with van der Waals surface area (Å²) in [7, 11) is -4.44. The maximum Gasteiger partial charge on any atom is 0.328 e. The predicted molar refractivity (Wildman–Crippen MR) is 115 cm³/mol. The summed E-state index contributed by atoms with van der Waals surface area (Å²) < 4.78 is 33.7. The summed E-state index contributed by atoms with van der Waals surface area (Å²) in [5, 5.41) is 13.6. The summed E-state index contributed by atoms with van der Waals surface area (Å²) in [6, 6.07) is 7.41. The molecule has 0 heterocycles. The molecule has 0 saturated carbocycles. The van der Waals surface area contributed by atoms with Gasteiger partial charge in [0, 0.05) is 18.7 Å². The van der Waals surface area contributed by atoms with Crippen molar-refractivity contribution in [3.8, 4) is 11.5 Å². The molecule has 0 saturated heterocycles. The molecule has 30 heavy (non-hydrogen) atoms. The number of rotatable bonds is 9. The van der Waals surface area contributed by atoms with Crippen molar-refractivity contribution in [2.24, 2.45) is 0 Å². The number of carbonyl (C=O) groups excluding carboxylic acids is 1. The van der Waals surface area contributed by atoms with Gasteiger partial charge in [0.25, 0.3) is 15.7 Å². The van der Waals surface area contributed by atoms with E-state index in [1.165, 1.54) is 6.07 Å². The monoisotopic (exact) mass is 499 g/mol. The van der Waals surface area contributed by atoms with Crippen molar-refractivity contribution in [2.75, 3.05) is 6.54 Å². The number of amides is 2. The van der Waals surface area contributed by atoms with Crippen molar-refractivity contribution in [3.63, 3.8) is 0 Å². The number of nitro groups is 1. The number of nitrogens with zero attached hydrogens (tertiary/aromatic N) is 1. The van der Waals surface area contributed by atoms with Crippen LogP contribution in [0.15, 0.2) is 45.8 Å². The van der Waals surface area contributed by atoms with Crippen LogP contribution in [0.25, 0.3) is 0 Å². The molecule has 0 aliphatic rings. The van der Waals surface area contributed by atoms with Crippen molar-refractivity contribution in [1.29, 1.82) is 0 Å². The molecular formula is C19H22BrN3O6S. The number of nitrogens with one attached hydrogen (secondary N) is 2. The van der Waals surface area contributed by atoms with Gasteiger partial charge in [0.1, 0.15) is 16.4 Å². The van der Waals surface area contributed by atoms with Crippen LogP contribution in [0.4, 0.5) is 10.5 Å². The van der Waals surface area contributed by atoms with Gasteiger partial charge in [-0.05, 0) is 53.0 Å². The third-order valence-electron chi connectivity index (χ3n) is 4.03. The average Bonchev–Trinajstić information content (AvgIpc) is 2.67. The second-order valence-corrected chi connectivity index (χ2v) is 9.00. The van der Waals surface area contributed by atoms with Crippen LogP contribution in [0.2, 0.25) is 0 Å². The number of benzene rings is 2. The van der Waals surface area contributed by atoms with E-state index < -0.39 is 31.6 Å². The van der Waals surface area contributed by atoms with Crippen molar-refractivity contribution < 1.29 is 22.9 Å². The standard InChI is InChI=1S/C19H22BrN3O6S/c1-3-4-5-10-21-19(24)22-30(27,28)18-12-14(23(25)26)7-9-17(18)29-16-8-6-13(2)11-15(16)20/h6-9,11-12H,3-5,10H2,1-2H3,(H2,21,22,24). The lowest BCUT2D eigenvalue weighted by Gasteiger charge is -2.14. The minimum atomic E-state index is -4.44.